The van der Waals surface area contributed by atoms with Gasteiger partial charge in [0, 0.05) is 5.56 Å². The molecule has 0 amide bonds. The molecule has 80 valence electrons. The van der Waals surface area contributed by atoms with E-state index in [1.807, 2.05) is 6.92 Å². The Labute approximate surface area is 93.0 Å². The summed E-state index contributed by atoms with van der Waals surface area (Å²) in [6, 6.07) is 6.84. The van der Waals surface area contributed by atoms with Crippen molar-refractivity contribution in [1.29, 1.82) is 0 Å². The predicted octanol–water partition coefficient (Wildman–Crippen LogP) is 1.96. The van der Waals surface area contributed by atoms with Gasteiger partial charge in [0.15, 0.2) is 11.2 Å². The fraction of sp³-hybridized carbons (Fsp3) is 0.273. The van der Waals surface area contributed by atoms with E-state index in [-0.39, 0.29) is 0 Å². The Hall–Kier alpha value is -1.35. The molecular formula is C11H11ClO3. The summed E-state index contributed by atoms with van der Waals surface area (Å²) in [4.78, 5) is 22.6. The van der Waals surface area contributed by atoms with Crippen LogP contribution in [-0.4, -0.2) is 24.2 Å². The Morgan fingerprint density at radius 2 is 1.80 bits per heavy atom. The summed E-state index contributed by atoms with van der Waals surface area (Å²) in [6.07, 6.45) is 0. The van der Waals surface area contributed by atoms with Gasteiger partial charge in [-0.2, -0.15) is 0 Å². The molecule has 0 aliphatic rings. The van der Waals surface area contributed by atoms with E-state index >= 15 is 0 Å². The third kappa shape index (κ3) is 2.80. The van der Waals surface area contributed by atoms with Gasteiger partial charge in [0.1, 0.15) is 0 Å². The number of benzene rings is 1. The molecule has 1 rings (SSSR count). The number of ether oxygens (including phenoxy) is 1. The van der Waals surface area contributed by atoms with E-state index in [1.165, 1.54) is 7.11 Å². The third-order valence-corrected chi connectivity index (χ3v) is 2.35. The van der Waals surface area contributed by atoms with Crippen LogP contribution in [0.3, 0.4) is 0 Å². The largest absolute Gasteiger partial charge is 0.468 e. The van der Waals surface area contributed by atoms with E-state index in [4.69, 9.17) is 11.6 Å². The molecule has 1 aromatic rings. The minimum absolute atomic E-state index is 0.408. The second kappa shape index (κ2) is 4.94. The van der Waals surface area contributed by atoms with Gasteiger partial charge in [-0.05, 0) is 6.92 Å². The van der Waals surface area contributed by atoms with Crippen LogP contribution in [-0.2, 0) is 9.53 Å². The molecule has 0 fully saturated rings. The smallest absolute Gasteiger partial charge is 0.331 e. The number of Topliss-reactive ketones (excluding diaryl/α,β-unsaturated/α-hetero) is 1. The number of ketones is 1. The Bertz CT molecular complexity index is 370. The molecule has 0 aliphatic heterocycles. The minimum atomic E-state index is -1.27. The maximum Gasteiger partial charge on any atom is 0.331 e. The summed E-state index contributed by atoms with van der Waals surface area (Å²) in [5.74, 6) is -1.18. The first-order chi connectivity index (χ1) is 7.06. The minimum Gasteiger partial charge on any atom is -0.468 e. The molecule has 3 nitrogen and oxygen atoms in total. The maximum absolute atomic E-state index is 11.6. The van der Waals surface area contributed by atoms with Crippen LogP contribution in [0.4, 0.5) is 0 Å². The van der Waals surface area contributed by atoms with Gasteiger partial charge in [-0.25, -0.2) is 4.79 Å². The molecule has 1 unspecified atom stereocenters. The zero-order valence-corrected chi connectivity index (χ0v) is 9.25. The van der Waals surface area contributed by atoms with Crippen LogP contribution in [0.25, 0.3) is 0 Å². The number of esters is 1. The van der Waals surface area contributed by atoms with Gasteiger partial charge in [-0.1, -0.05) is 29.8 Å². The second-order valence-electron chi connectivity index (χ2n) is 3.12. The van der Waals surface area contributed by atoms with Crippen LogP contribution >= 0.6 is 11.6 Å². The number of carbonyl (C=O) groups is 2. The number of hydrogen-bond acceptors (Lipinski definition) is 3. The molecule has 4 heteroatoms. The number of carbonyl (C=O) groups excluding carboxylic acids is 2. The van der Waals surface area contributed by atoms with Crippen molar-refractivity contribution in [3.8, 4) is 0 Å². The van der Waals surface area contributed by atoms with Crippen molar-refractivity contribution in [2.24, 2.45) is 0 Å². The van der Waals surface area contributed by atoms with E-state index < -0.39 is 17.1 Å². The van der Waals surface area contributed by atoms with Crippen LogP contribution in [0.1, 0.15) is 15.9 Å². The highest BCUT2D eigenvalue weighted by Crippen LogP contribution is 2.11. The Kier molecular flexibility index (Phi) is 3.86. The molecule has 15 heavy (non-hydrogen) atoms. The lowest BCUT2D eigenvalue weighted by molar-refractivity contribution is -0.139. The highest BCUT2D eigenvalue weighted by Gasteiger charge is 2.25. The lowest BCUT2D eigenvalue weighted by Crippen LogP contribution is -2.25. The zero-order chi connectivity index (χ0) is 11.4. The van der Waals surface area contributed by atoms with Crippen molar-refractivity contribution in [3.63, 3.8) is 0 Å². The molecule has 1 aromatic carbocycles. The first-order valence-corrected chi connectivity index (χ1v) is 4.82. The standard InChI is InChI=1S/C11H11ClO3/c1-7-3-5-8(6-4-7)10(13)9(12)11(14)15-2/h3-6,9H,1-2H3. The Morgan fingerprint density at radius 1 is 1.27 bits per heavy atom. The maximum atomic E-state index is 11.6. The van der Waals surface area contributed by atoms with Crippen molar-refractivity contribution in [1.82, 2.24) is 0 Å². The summed E-state index contributed by atoms with van der Waals surface area (Å²) in [5, 5.41) is -1.27. The average Bonchev–Trinajstić information content (AvgIpc) is 2.27. The number of aryl methyl sites for hydroxylation is 1. The number of halogens is 1. The first kappa shape index (κ1) is 11.7. The summed E-state index contributed by atoms with van der Waals surface area (Å²) in [7, 11) is 1.19. The van der Waals surface area contributed by atoms with Gasteiger partial charge in [0.05, 0.1) is 7.11 Å². The number of alkyl halides is 1. The highest BCUT2D eigenvalue weighted by molar-refractivity contribution is 6.43. The molecular weight excluding hydrogens is 216 g/mol. The predicted molar refractivity (Wildman–Crippen MR) is 57.2 cm³/mol. The van der Waals surface area contributed by atoms with Gasteiger partial charge < -0.3 is 4.74 Å². The molecule has 0 saturated heterocycles. The zero-order valence-electron chi connectivity index (χ0n) is 8.49. The SMILES string of the molecule is COC(=O)C(Cl)C(=O)c1ccc(C)cc1. The summed E-state index contributed by atoms with van der Waals surface area (Å²) >= 11 is 5.63. The van der Waals surface area contributed by atoms with Gasteiger partial charge in [-0.15, -0.1) is 11.6 Å². The summed E-state index contributed by atoms with van der Waals surface area (Å²) in [6.45, 7) is 1.91. The molecule has 0 aromatic heterocycles. The van der Waals surface area contributed by atoms with Crippen LogP contribution in [0, 0.1) is 6.92 Å². The van der Waals surface area contributed by atoms with E-state index in [1.54, 1.807) is 24.3 Å². The molecule has 0 spiro atoms. The fourth-order valence-electron chi connectivity index (χ4n) is 1.07. The van der Waals surface area contributed by atoms with Crippen molar-refractivity contribution < 1.29 is 14.3 Å². The van der Waals surface area contributed by atoms with Crippen molar-refractivity contribution >= 4 is 23.4 Å². The van der Waals surface area contributed by atoms with Crippen molar-refractivity contribution in [3.05, 3.63) is 35.4 Å². The molecule has 1 atom stereocenters. The topological polar surface area (TPSA) is 43.4 Å². The van der Waals surface area contributed by atoms with Crippen molar-refractivity contribution in [2.45, 2.75) is 12.3 Å². The van der Waals surface area contributed by atoms with E-state index in [2.05, 4.69) is 4.74 Å². The monoisotopic (exact) mass is 226 g/mol. The van der Waals surface area contributed by atoms with Crippen LogP contribution in [0.2, 0.25) is 0 Å². The quantitative estimate of drug-likeness (QED) is 0.343. The average molecular weight is 227 g/mol. The van der Waals surface area contributed by atoms with E-state index in [0.717, 1.165) is 5.56 Å². The summed E-state index contributed by atoms with van der Waals surface area (Å²) < 4.78 is 4.39. The normalized spacial score (nSPS) is 11.9. The lowest BCUT2D eigenvalue weighted by Gasteiger charge is -2.06. The summed E-state index contributed by atoms with van der Waals surface area (Å²) in [5.41, 5.74) is 1.45. The molecule has 0 saturated carbocycles. The van der Waals surface area contributed by atoms with Crippen molar-refractivity contribution in [2.75, 3.05) is 7.11 Å². The van der Waals surface area contributed by atoms with Gasteiger partial charge in [-0.3, -0.25) is 4.79 Å². The fourth-order valence-corrected chi connectivity index (χ4v) is 1.29. The Balaban J connectivity index is 2.85. The molecule has 0 aliphatic carbocycles. The molecule has 0 bridgehead atoms. The third-order valence-electron chi connectivity index (χ3n) is 1.97. The van der Waals surface area contributed by atoms with Crippen LogP contribution in [0.5, 0.6) is 0 Å². The van der Waals surface area contributed by atoms with Crippen LogP contribution in [0.15, 0.2) is 24.3 Å². The first-order valence-electron chi connectivity index (χ1n) is 4.39. The van der Waals surface area contributed by atoms with Gasteiger partial charge in [0.2, 0.25) is 0 Å². The lowest BCUT2D eigenvalue weighted by atomic mass is 10.1. The molecule has 0 heterocycles. The Morgan fingerprint density at radius 3 is 2.27 bits per heavy atom. The van der Waals surface area contributed by atoms with Crippen LogP contribution < -0.4 is 0 Å². The van der Waals surface area contributed by atoms with E-state index in [9.17, 15) is 9.59 Å². The van der Waals surface area contributed by atoms with Gasteiger partial charge >= 0.3 is 5.97 Å². The number of hydrogen-bond donors (Lipinski definition) is 0. The number of rotatable bonds is 3. The number of methoxy groups -OCH3 is 1. The molecule has 0 radical (unpaired) electrons. The second-order valence-corrected chi connectivity index (χ2v) is 3.55. The highest BCUT2D eigenvalue weighted by atomic mass is 35.5. The van der Waals surface area contributed by atoms with E-state index in [0.29, 0.717) is 5.56 Å². The molecule has 0 N–H and O–H groups in total. The van der Waals surface area contributed by atoms with Gasteiger partial charge in [0.25, 0.3) is 0 Å².